The Hall–Kier alpha value is -4.45. The highest BCUT2D eigenvalue weighted by molar-refractivity contribution is 6.07. The number of hydrogen-bond donors (Lipinski definition) is 1. The second-order valence-corrected chi connectivity index (χ2v) is 7.80. The first kappa shape index (κ1) is 20.5. The highest BCUT2D eigenvalue weighted by atomic mass is 16.2. The van der Waals surface area contributed by atoms with Gasteiger partial charge in [-0.15, -0.1) is 0 Å². The molecule has 0 aliphatic heterocycles. The molecule has 3 aromatic carbocycles. The molecule has 33 heavy (non-hydrogen) atoms. The minimum absolute atomic E-state index is 0.0815. The highest BCUT2D eigenvalue weighted by Gasteiger charge is 2.24. The van der Waals surface area contributed by atoms with Crippen molar-refractivity contribution in [2.75, 3.05) is 4.90 Å². The summed E-state index contributed by atoms with van der Waals surface area (Å²) in [5, 5.41) is 4.97. The minimum Gasteiger partial charge on any atom is -0.345 e. The number of H-pyrrole nitrogens is 1. The van der Waals surface area contributed by atoms with Crippen molar-refractivity contribution in [2.45, 2.75) is 13.5 Å². The molecule has 6 nitrogen and oxygen atoms in total. The van der Waals surface area contributed by atoms with E-state index in [4.69, 9.17) is 0 Å². The van der Waals surface area contributed by atoms with Gasteiger partial charge in [-0.25, -0.2) is 4.68 Å². The Morgan fingerprint density at radius 1 is 0.909 bits per heavy atom. The minimum atomic E-state index is -0.361. The van der Waals surface area contributed by atoms with E-state index < -0.39 is 0 Å². The van der Waals surface area contributed by atoms with Crippen molar-refractivity contribution in [3.63, 3.8) is 0 Å². The Kier molecular flexibility index (Phi) is 5.32. The van der Waals surface area contributed by atoms with Crippen molar-refractivity contribution >= 4 is 22.6 Å². The average molecular weight is 434 g/mol. The molecule has 162 valence electrons. The van der Waals surface area contributed by atoms with Gasteiger partial charge in [-0.1, -0.05) is 66.7 Å². The van der Waals surface area contributed by atoms with Gasteiger partial charge in [-0.3, -0.25) is 9.59 Å². The standard InChI is InChI=1S/C27H22N4O2/c1-19-24-25(32)23(17-28-26(24)31(29-19)22-15-9-4-10-16-22)27(33)30(21-13-7-3-8-14-21)18-20-11-5-2-6-12-20/h2-17H,18H2,1H3,(H,28,32). The van der Waals surface area contributed by atoms with E-state index in [1.165, 1.54) is 6.20 Å². The molecule has 5 aromatic rings. The number of rotatable bonds is 5. The van der Waals surface area contributed by atoms with Crippen LogP contribution in [0.3, 0.4) is 0 Å². The summed E-state index contributed by atoms with van der Waals surface area (Å²) < 4.78 is 1.69. The molecule has 5 rings (SSSR count). The van der Waals surface area contributed by atoms with Gasteiger partial charge in [-0.2, -0.15) is 5.10 Å². The first-order valence-corrected chi connectivity index (χ1v) is 10.7. The van der Waals surface area contributed by atoms with Crippen molar-refractivity contribution < 1.29 is 4.79 Å². The number of nitrogens with one attached hydrogen (secondary N) is 1. The van der Waals surface area contributed by atoms with Crippen LogP contribution in [0.15, 0.2) is 102 Å². The van der Waals surface area contributed by atoms with E-state index in [1.807, 2.05) is 91.0 Å². The predicted octanol–water partition coefficient (Wildman–Crippen LogP) is 4.87. The van der Waals surface area contributed by atoms with E-state index in [0.717, 1.165) is 16.9 Å². The van der Waals surface area contributed by atoms with E-state index >= 15 is 0 Å². The van der Waals surface area contributed by atoms with Crippen LogP contribution in [0.1, 0.15) is 21.6 Å². The number of para-hydroxylation sites is 2. The molecule has 0 bridgehead atoms. The number of hydrogen-bond acceptors (Lipinski definition) is 3. The number of amides is 1. The van der Waals surface area contributed by atoms with Gasteiger partial charge in [0.15, 0.2) is 0 Å². The van der Waals surface area contributed by atoms with Crippen LogP contribution in [0.5, 0.6) is 0 Å². The van der Waals surface area contributed by atoms with Crippen LogP contribution in [0.4, 0.5) is 5.69 Å². The zero-order valence-electron chi connectivity index (χ0n) is 18.1. The number of benzene rings is 3. The molecule has 0 aliphatic rings. The fourth-order valence-electron chi connectivity index (χ4n) is 3.99. The van der Waals surface area contributed by atoms with Gasteiger partial charge in [0.1, 0.15) is 11.2 Å². The zero-order valence-corrected chi connectivity index (χ0v) is 18.1. The Labute approximate surface area is 190 Å². The Balaban J connectivity index is 1.61. The average Bonchev–Trinajstić information content (AvgIpc) is 3.21. The smallest absolute Gasteiger partial charge is 0.264 e. The molecule has 0 fully saturated rings. The molecule has 0 saturated heterocycles. The lowest BCUT2D eigenvalue weighted by Crippen LogP contribution is -2.34. The predicted molar refractivity (Wildman–Crippen MR) is 130 cm³/mol. The van der Waals surface area contributed by atoms with E-state index in [0.29, 0.717) is 23.3 Å². The van der Waals surface area contributed by atoms with Crippen molar-refractivity contribution in [3.05, 3.63) is 124 Å². The summed E-state index contributed by atoms with van der Waals surface area (Å²) >= 11 is 0. The summed E-state index contributed by atoms with van der Waals surface area (Å²) in [5.74, 6) is -0.361. The molecule has 0 atom stereocenters. The fourth-order valence-corrected chi connectivity index (χ4v) is 3.99. The maximum absolute atomic E-state index is 13.7. The fraction of sp³-hybridized carbons (Fsp3) is 0.0741. The maximum atomic E-state index is 13.7. The van der Waals surface area contributed by atoms with E-state index in [9.17, 15) is 9.59 Å². The Bertz CT molecular complexity index is 1470. The molecule has 6 heteroatoms. The van der Waals surface area contributed by atoms with Gasteiger partial charge < -0.3 is 9.88 Å². The normalized spacial score (nSPS) is 10.9. The summed E-state index contributed by atoms with van der Waals surface area (Å²) in [6, 6.07) is 28.7. The van der Waals surface area contributed by atoms with Crippen LogP contribution < -0.4 is 10.3 Å². The number of carbonyl (C=O) groups is 1. The van der Waals surface area contributed by atoms with Crippen molar-refractivity contribution in [3.8, 4) is 5.69 Å². The molecule has 0 unspecified atom stereocenters. The lowest BCUT2D eigenvalue weighted by molar-refractivity contribution is 0.0984. The molecular weight excluding hydrogens is 412 g/mol. The van der Waals surface area contributed by atoms with Crippen LogP contribution in [0, 0.1) is 6.92 Å². The molecular formula is C27H22N4O2. The van der Waals surface area contributed by atoms with Crippen molar-refractivity contribution in [2.24, 2.45) is 0 Å². The highest BCUT2D eigenvalue weighted by Crippen LogP contribution is 2.21. The summed E-state index contributed by atoms with van der Waals surface area (Å²) in [6.45, 7) is 2.13. The zero-order chi connectivity index (χ0) is 22.8. The Morgan fingerprint density at radius 3 is 2.18 bits per heavy atom. The maximum Gasteiger partial charge on any atom is 0.264 e. The van der Waals surface area contributed by atoms with E-state index in [1.54, 1.807) is 16.5 Å². The first-order valence-electron chi connectivity index (χ1n) is 10.7. The largest absolute Gasteiger partial charge is 0.345 e. The van der Waals surface area contributed by atoms with Gasteiger partial charge in [0.25, 0.3) is 5.91 Å². The third kappa shape index (κ3) is 3.83. The third-order valence-electron chi connectivity index (χ3n) is 5.61. The number of anilines is 1. The van der Waals surface area contributed by atoms with Crippen LogP contribution in [-0.4, -0.2) is 20.7 Å². The Morgan fingerprint density at radius 2 is 1.52 bits per heavy atom. The van der Waals surface area contributed by atoms with Gasteiger partial charge in [0.2, 0.25) is 5.43 Å². The van der Waals surface area contributed by atoms with Crippen LogP contribution in [0.25, 0.3) is 16.7 Å². The molecule has 0 aliphatic carbocycles. The van der Waals surface area contributed by atoms with Gasteiger partial charge in [0.05, 0.1) is 23.3 Å². The number of aromatic amines is 1. The topological polar surface area (TPSA) is 71.0 Å². The van der Waals surface area contributed by atoms with Gasteiger partial charge in [0, 0.05) is 11.9 Å². The number of pyridine rings is 1. The SMILES string of the molecule is Cc1nn(-c2ccccc2)c2[nH]cc(C(=O)N(Cc3ccccc3)c3ccccc3)c(=O)c12. The summed E-state index contributed by atoms with van der Waals surface area (Å²) in [4.78, 5) is 32.0. The van der Waals surface area contributed by atoms with Gasteiger partial charge in [-0.05, 0) is 36.8 Å². The molecule has 0 spiro atoms. The van der Waals surface area contributed by atoms with E-state index in [-0.39, 0.29) is 16.9 Å². The number of aryl methyl sites for hydroxylation is 1. The van der Waals surface area contributed by atoms with Gasteiger partial charge >= 0.3 is 0 Å². The monoisotopic (exact) mass is 434 g/mol. The summed E-state index contributed by atoms with van der Waals surface area (Å²) in [6.07, 6.45) is 1.49. The van der Waals surface area contributed by atoms with Crippen LogP contribution >= 0.6 is 0 Å². The second kappa shape index (κ2) is 8.59. The molecule has 2 aromatic heterocycles. The van der Waals surface area contributed by atoms with Crippen molar-refractivity contribution in [1.29, 1.82) is 0 Å². The lowest BCUT2D eigenvalue weighted by Gasteiger charge is -2.23. The van der Waals surface area contributed by atoms with E-state index in [2.05, 4.69) is 10.1 Å². The molecule has 1 amide bonds. The lowest BCUT2D eigenvalue weighted by atomic mass is 10.1. The first-order chi connectivity index (χ1) is 16.1. The molecule has 0 saturated carbocycles. The number of carbonyl (C=O) groups excluding carboxylic acids is 1. The third-order valence-corrected chi connectivity index (χ3v) is 5.61. The quantitative estimate of drug-likeness (QED) is 0.429. The molecule has 2 heterocycles. The molecule has 1 N–H and O–H groups in total. The summed E-state index contributed by atoms with van der Waals surface area (Å²) in [7, 11) is 0. The van der Waals surface area contributed by atoms with Crippen molar-refractivity contribution in [1.82, 2.24) is 14.8 Å². The summed E-state index contributed by atoms with van der Waals surface area (Å²) in [5.41, 5.74) is 3.41. The van der Waals surface area contributed by atoms with Crippen LogP contribution in [0.2, 0.25) is 0 Å². The second-order valence-electron chi connectivity index (χ2n) is 7.80. The number of aromatic nitrogens is 3. The number of nitrogens with zero attached hydrogens (tertiary/aromatic N) is 3. The van der Waals surface area contributed by atoms with Crippen LogP contribution in [-0.2, 0) is 6.54 Å². The molecule has 0 radical (unpaired) electrons. The number of fused-ring (bicyclic) bond motifs is 1.